The van der Waals surface area contributed by atoms with Crippen molar-refractivity contribution >= 4 is 10.2 Å². The zero-order valence-electron chi connectivity index (χ0n) is 12.9. The van der Waals surface area contributed by atoms with Crippen LogP contribution in [0.3, 0.4) is 0 Å². The van der Waals surface area contributed by atoms with E-state index in [9.17, 15) is 8.42 Å². The van der Waals surface area contributed by atoms with Crippen molar-refractivity contribution in [2.45, 2.75) is 59.9 Å². The summed E-state index contributed by atoms with van der Waals surface area (Å²) in [5.74, 6) is 0. The van der Waals surface area contributed by atoms with Crippen molar-refractivity contribution in [3.8, 4) is 0 Å². The first-order valence-electron chi connectivity index (χ1n) is 7.07. The summed E-state index contributed by atoms with van der Waals surface area (Å²) >= 11 is 0. The molecular formula is C13H30N2O3S. The molecule has 0 amide bonds. The van der Waals surface area contributed by atoms with E-state index in [2.05, 4.69) is 4.72 Å². The van der Waals surface area contributed by atoms with Gasteiger partial charge in [0.1, 0.15) is 0 Å². The van der Waals surface area contributed by atoms with Crippen molar-refractivity contribution in [3.63, 3.8) is 0 Å². The van der Waals surface area contributed by atoms with Gasteiger partial charge in [0.25, 0.3) is 10.2 Å². The van der Waals surface area contributed by atoms with E-state index in [1.165, 1.54) is 4.31 Å². The quantitative estimate of drug-likeness (QED) is 0.680. The predicted molar refractivity (Wildman–Crippen MR) is 79.2 cm³/mol. The van der Waals surface area contributed by atoms with Crippen molar-refractivity contribution in [1.82, 2.24) is 9.03 Å². The molecule has 0 aliphatic heterocycles. The second kappa shape index (κ2) is 8.19. The topological polar surface area (TPSA) is 69.6 Å². The van der Waals surface area contributed by atoms with Crippen molar-refractivity contribution in [3.05, 3.63) is 0 Å². The lowest BCUT2D eigenvalue weighted by atomic mass is 9.86. The standard InChI is InChI=1S/C13H30N2O3S/c1-6-9-15(10-7-2)19(17,18)14-12(8-11-16)13(3,4)5/h12,14,16H,6-11H2,1-5H3. The van der Waals surface area contributed by atoms with Crippen LogP contribution >= 0.6 is 0 Å². The van der Waals surface area contributed by atoms with E-state index in [1.807, 2.05) is 34.6 Å². The number of hydrogen-bond donors (Lipinski definition) is 2. The fourth-order valence-electron chi connectivity index (χ4n) is 1.90. The molecule has 1 unspecified atom stereocenters. The largest absolute Gasteiger partial charge is 0.396 e. The SMILES string of the molecule is CCCN(CCC)S(=O)(=O)NC(CCO)C(C)(C)C. The molecule has 0 aromatic carbocycles. The van der Waals surface area contributed by atoms with E-state index >= 15 is 0 Å². The fourth-order valence-corrected chi connectivity index (χ4v) is 3.73. The van der Waals surface area contributed by atoms with Gasteiger partial charge < -0.3 is 5.11 Å². The molecular weight excluding hydrogens is 264 g/mol. The van der Waals surface area contributed by atoms with E-state index in [0.717, 1.165) is 12.8 Å². The third kappa shape index (κ3) is 6.70. The molecule has 0 saturated carbocycles. The Morgan fingerprint density at radius 3 is 1.95 bits per heavy atom. The summed E-state index contributed by atoms with van der Waals surface area (Å²) in [5, 5.41) is 9.09. The average molecular weight is 294 g/mol. The van der Waals surface area contributed by atoms with Crippen molar-refractivity contribution < 1.29 is 13.5 Å². The fraction of sp³-hybridized carbons (Fsp3) is 1.00. The summed E-state index contributed by atoms with van der Waals surface area (Å²) in [6.07, 6.45) is 2.01. The highest BCUT2D eigenvalue weighted by atomic mass is 32.2. The Labute approximate surface area is 118 Å². The van der Waals surface area contributed by atoms with Crippen LogP contribution in [-0.2, 0) is 10.2 Å². The van der Waals surface area contributed by atoms with Gasteiger partial charge in [0.15, 0.2) is 0 Å². The van der Waals surface area contributed by atoms with Gasteiger partial charge in [-0.2, -0.15) is 17.4 Å². The number of aliphatic hydroxyl groups is 1. The van der Waals surface area contributed by atoms with Crippen LogP contribution in [0.5, 0.6) is 0 Å². The highest BCUT2D eigenvalue weighted by Gasteiger charge is 2.31. The molecule has 2 N–H and O–H groups in total. The molecule has 0 aliphatic carbocycles. The van der Waals surface area contributed by atoms with Crippen molar-refractivity contribution in [2.75, 3.05) is 19.7 Å². The third-order valence-electron chi connectivity index (χ3n) is 3.04. The third-order valence-corrected chi connectivity index (χ3v) is 4.67. The maximum atomic E-state index is 12.4. The van der Waals surface area contributed by atoms with Crippen LogP contribution in [0.15, 0.2) is 0 Å². The van der Waals surface area contributed by atoms with Gasteiger partial charge >= 0.3 is 0 Å². The second-order valence-corrected chi connectivity index (χ2v) is 7.66. The second-order valence-electron chi connectivity index (χ2n) is 5.95. The predicted octanol–water partition coefficient (Wildman–Crippen LogP) is 1.74. The minimum atomic E-state index is -3.48. The van der Waals surface area contributed by atoms with Gasteiger partial charge in [-0.1, -0.05) is 34.6 Å². The lowest BCUT2D eigenvalue weighted by molar-refractivity contribution is 0.212. The molecule has 0 saturated heterocycles. The minimum absolute atomic E-state index is 0.0218. The van der Waals surface area contributed by atoms with E-state index < -0.39 is 10.2 Å². The van der Waals surface area contributed by atoms with Crippen LogP contribution in [-0.4, -0.2) is 43.6 Å². The minimum Gasteiger partial charge on any atom is -0.396 e. The Morgan fingerprint density at radius 1 is 1.16 bits per heavy atom. The van der Waals surface area contributed by atoms with Crippen LogP contribution < -0.4 is 4.72 Å². The molecule has 5 nitrogen and oxygen atoms in total. The van der Waals surface area contributed by atoms with Gasteiger partial charge in [0.05, 0.1) is 0 Å². The molecule has 0 bridgehead atoms. The smallest absolute Gasteiger partial charge is 0.279 e. The van der Waals surface area contributed by atoms with Crippen LogP contribution in [0.4, 0.5) is 0 Å². The molecule has 1 atom stereocenters. The molecule has 0 aliphatic rings. The van der Waals surface area contributed by atoms with Gasteiger partial charge in [-0.25, -0.2) is 0 Å². The number of nitrogens with zero attached hydrogens (tertiary/aromatic N) is 1. The van der Waals surface area contributed by atoms with Crippen LogP contribution in [0.1, 0.15) is 53.9 Å². The highest BCUT2D eigenvalue weighted by Crippen LogP contribution is 2.23. The monoisotopic (exact) mass is 294 g/mol. The number of aliphatic hydroxyl groups excluding tert-OH is 1. The van der Waals surface area contributed by atoms with E-state index in [1.54, 1.807) is 0 Å². The molecule has 0 aromatic heterocycles. The van der Waals surface area contributed by atoms with Crippen molar-refractivity contribution in [1.29, 1.82) is 0 Å². The maximum Gasteiger partial charge on any atom is 0.279 e. The lowest BCUT2D eigenvalue weighted by Gasteiger charge is -2.33. The van der Waals surface area contributed by atoms with Gasteiger partial charge in [0, 0.05) is 25.7 Å². The first-order chi connectivity index (χ1) is 8.69. The molecule has 0 aromatic rings. The number of nitrogens with one attached hydrogen (secondary N) is 1. The Morgan fingerprint density at radius 2 is 1.63 bits per heavy atom. The summed E-state index contributed by atoms with van der Waals surface area (Å²) in [4.78, 5) is 0. The van der Waals surface area contributed by atoms with Gasteiger partial charge in [-0.3, -0.25) is 0 Å². The molecule has 0 radical (unpaired) electrons. The van der Waals surface area contributed by atoms with Crippen LogP contribution in [0.2, 0.25) is 0 Å². The van der Waals surface area contributed by atoms with E-state index in [4.69, 9.17) is 5.11 Å². The zero-order chi connectivity index (χ0) is 15.1. The summed E-state index contributed by atoms with van der Waals surface area (Å²) in [5.41, 5.74) is -0.222. The highest BCUT2D eigenvalue weighted by molar-refractivity contribution is 7.87. The molecule has 0 rings (SSSR count). The van der Waals surface area contributed by atoms with E-state index in [0.29, 0.717) is 19.5 Å². The van der Waals surface area contributed by atoms with Crippen molar-refractivity contribution in [2.24, 2.45) is 5.41 Å². The van der Waals surface area contributed by atoms with Gasteiger partial charge in [-0.15, -0.1) is 0 Å². The number of hydrogen-bond acceptors (Lipinski definition) is 3. The first kappa shape index (κ1) is 18.8. The Balaban J connectivity index is 4.96. The molecule has 116 valence electrons. The summed E-state index contributed by atoms with van der Waals surface area (Å²) in [6, 6.07) is -0.265. The Bertz CT molecular complexity index is 330. The van der Waals surface area contributed by atoms with E-state index in [-0.39, 0.29) is 18.1 Å². The number of rotatable bonds is 9. The molecule has 0 fully saturated rings. The Kier molecular flexibility index (Phi) is 8.12. The normalized spacial score (nSPS) is 14.9. The summed E-state index contributed by atoms with van der Waals surface area (Å²) < 4.78 is 29.0. The lowest BCUT2D eigenvalue weighted by Crippen LogP contribution is -2.50. The summed E-state index contributed by atoms with van der Waals surface area (Å²) in [7, 11) is -3.48. The molecule has 6 heteroatoms. The molecule has 0 spiro atoms. The maximum absolute atomic E-state index is 12.4. The van der Waals surface area contributed by atoms with Gasteiger partial charge in [0.2, 0.25) is 0 Å². The zero-order valence-corrected chi connectivity index (χ0v) is 13.8. The average Bonchev–Trinajstić information content (AvgIpc) is 2.26. The van der Waals surface area contributed by atoms with Gasteiger partial charge in [-0.05, 0) is 24.7 Å². The Hall–Kier alpha value is -0.170. The molecule has 0 heterocycles. The van der Waals surface area contributed by atoms with Crippen LogP contribution in [0.25, 0.3) is 0 Å². The summed E-state index contributed by atoms with van der Waals surface area (Å²) in [6.45, 7) is 10.9. The first-order valence-corrected chi connectivity index (χ1v) is 8.51. The molecule has 19 heavy (non-hydrogen) atoms. The van der Waals surface area contributed by atoms with Crippen LogP contribution in [0, 0.1) is 5.41 Å².